The van der Waals surface area contributed by atoms with Gasteiger partial charge in [0.05, 0.1) is 18.1 Å². The van der Waals surface area contributed by atoms with E-state index in [2.05, 4.69) is 17.6 Å². The summed E-state index contributed by atoms with van der Waals surface area (Å²) >= 11 is 0. The average molecular weight is 274 g/mol. The lowest BCUT2D eigenvalue weighted by atomic mass is 9.82. The van der Waals surface area contributed by atoms with E-state index in [9.17, 15) is 4.79 Å². The molecule has 2 atom stereocenters. The van der Waals surface area contributed by atoms with Crippen LogP contribution in [0, 0.1) is 5.41 Å². The van der Waals surface area contributed by atoms with Gasteiger partial charge in [0.1, 0.15) is 5.75 Å². The number of carbonyl (C=O) groups excluding carboxylic acids is 1. The molecular weight excluding hydrogens is 252 g/mol. The van der Waals surface area contributed by atoms with Crippen LogP contribution in [0.5, 0.6) is 5.75 Å². The molecule has 20 heavy (non-hydrogen) atoms. The van der Waals surface area contributed by atoms with E-state index in [1.807, 2.05) is 24.3 Å². The number of fused-ring (bicyclic) bond motifs is 1. The Bertz CT molecular complexity index is 495. The highest BCUT2D eigenvalue weighted by Crippen LogP contribution is 2.34. The van der Waals surface area contributed by atoms with Crippen molar-refractivity contribution in [2.45, 2.75) is 32.2 Å². The molecule has 1 saturated heterocycles. The lowest BCUT2D eigenvalue weighted by molar-refractivity contribution is -0.131. The van der Waals surface area contributed by atoms with Gasteiger partial charge in [-0.3, -0.25) is 4.79 Å². The first kappa shape index (κ1) is 13.4. The molecule has 0 bridgehead atoms. The summed E-state index contributed by atoms with van der Waals surface area (Å²) in [5.41, 5.74) is 0.872. The van der Waals surface area contributed by atoms with Crippen molar-refractivity contribution < 1.29 is 9.53 Å². The number of rotatable bonds is 3. The molecule has 0 aliphatic carbocycles. The van der Waals surface area contributed by atoms with Gasteiger partial charge in [-0.2, -0.15) is 0 Å². The van der Waals surface area contributed by atoms with E-state index in [0.29, 0.717) is 6.61 Å². The molecule has 3 rings (SSSR count). The molecule has 0 saturated carbocycles. The van der Waals surface area contributed by atoms with Gasteiger partial charge in [-0.05, 0) is 25.5 Å². The van der Waals surface area contributed by atoms with Crippen LogP contribution in [0.15, 0.2) is 24.3 Å². The van der Waals surface area contributed by atoms with Crippen molar-refractivity contribution in [2.24, 2.45) is 5.41 Å². The fourth-order valence-corrected chi connectivity index (χ4v) is 3.20. The summed E-state index contributed by atoms with van der Waals surface area (Å²) in [4.78, 5) is 12.7. The zero-order valence-corrected chi connectivity index (χ0v) is 11.9. The van der Waals surface area contributed by atoms with Crippen molar-refractivity contribution in [3.8, 4) is 5.75 Å². The molecule has 1 fully saturated rings. The van der Waals surface area contributed by atoms with E-state index in [4.69, 9.17) is 4.74 Å². The molecular formula is C16H22N2O2. The second-order valence-corrected chi connectivity index (χ2v) is 5.76. The number of amides is 1. The van der Waals surface area contributed by atoms with Gasteiger partial charge in [-0.1, -0.05) is 25.1 Å². The standard InChI is InChI=1S/C16H22N2O2/c1-2-16(8-9-17-11-16)15(19)18-13-7-10-20-14-6-4-3-5-12(13)14/h3-6,13,17H,2,7-11H2,1H3,(H,18,19). The highest BCUT2D eigenvalue weighted by atomic mass is 16.5. The molecule has 0 radical (unpaired) electrons. The Balaban J connectivity index is 1.77. The van der Waals surface area contributed by atoms with Crippen molar-refractivity contribution >= 4 is 5.91 Å². The van der Waals surface area contributed by atoms with Crippen molar-refractivity contribution in [3.63, 3.8) is 0 Å². The fourth-order valence-electron chi connectivity index (χ4n) is 3.20. The Morgan fingerprint density at radius 3 is 3.10 bits per heavy atom. The minimum atomic E-state index is -0.229. The monoisotopic (exact) mass is 274 g/mol. The zero-order valence-electron chi connectivity index (χ0n) is 11.9. The van der Waals surface area contributed by atoms with E-state index in [1.165, 1.54) is 0 Å². The second kappa shape index (κ2) is 5.44. The van der Waals surface area contributed by atoms with Crippen molar-refractivity contribution in [3.05, 3.63) is 29.8 Å². The van der Waals surface area contributed by atoms with Gasteiger partial charge in [-0.25, -0.2) is 0 Å². The predicted molar refractivity (Wildman–Crippen MR) is 77.6 cm³/mol. The van der Waals surface area contributed by atoms with Crippen molar-refractivity contribution in [1.82, 2.24) is 10.6 Å². The maximum Gasteiger partial charge on any atom is 0.228 e. The molecule has 1 aromatic carbocycles. The van der Waals surface area contributed by atoms with Crippen molar-refractivity contribution in [2.75, 3.05) is 19.7 Å². The zero-order chi connectivity index (χ0) is 14.0. The van der Waals surface area contributed by atoms with E-state index in [1.54, 1.807) is 0 Å². The first-order valence-electron chi connectivity index (χ1n) is 7.48. The maximum atomic E-state index is 12.7. The number of benzene rings is 1. The topological polar surface area (TPSA) is 50.4 Å². The quantitative estimate of drug-likeness (QED) is 0.886. The van der Waals surface area contributed by atoms with Crippen LogP contribution in [0.25, 0.3) is 0 Å². The molecule has 2 aliphatic heterocycles. The fraction of sp³-hybridized carbons (Fsp3) is 0.562. The normalized spacial score (nSPS) is 28.6. The third kappa shape index (κ3) is 2.29. The predicted octanol–water partition coefficient (Wildman–Crippen LogP) is 2.02. The van der Waals surface area contributed by atoms with Gasteiger partial charge in [0.2, 0.25) is 5.91 Å². The summed E-state index contributed by atoms with van der Waals surface area (Å²) < 4.78 is 5.65. The summed E-state index contributed by atoms with van der Waals surface area (Å²) in [6.07, 6.45) is 2.66. The van der Waals surface area contributed by atoms with Gasteiger partial charge < -0.3 is 15.4 Å². The number of carbonyl (C=O) groups is 1. The summed E-state index contributed by atoms with van der Waals surface area (Å²) in [6.45, 7) is 4.50. The van der Waals surface area contributed by atoms with Gasteiger partial charge >= 0.3 is 0 Å². The largest absolute Gasteiger partial charge is 0.493 e. The summed E-state index contributed by atoms with van der Waals surface area (Å²) in [6, 6.07) is 8.07. The van der Waals surface area contributed by atoms with Crippen LogP contribution >= 0.6 is 0 Å². The molecule has 0 spiro atoms. The molecule has 2 unspecified atom stereocenters. The smallest absolute Gasteiger partial charge is 0.228 e. The molecule has 2 N–H and O–H groups in total. The summed E-state index contributed by atoms with van der Waals surface area (Å²) in [5, 5.41) is 6.57. The van der Waals surface area contributed by atoms with E-state index < -0.39 is 0 Å². The lowest BCUT2D eigenvalue weighted by Crippen LogP contribution is -2.44. The number of hydrogen-bond acceptors (Lipinski definition) is 3. The van der Waals surface area contributed by atoms with Gasteiger partial charge in [0, 0.05) is 18.5 Å². The second-order valence-electron chi connectivity index (χ2n) is 5.76. The summed E-state index contributed by atoms with van der Waals surface area (Å²) in [7, 11) is 0. The number of nitrogens with one attached hydrogen (secondary N) is 2. The van der Waals surface area contributed by atoms with Gasteiger partial charge in [-0.15, -0.1) is 0 Å². The van der Waals surface area contributed by atoms with Crippen LogP contribution in [-0.2, 0) is 4.79 Å². The van der Waals surface area contributed by atoms with Crippen LogP contribution in [0.2, 0.25) is 0 Å². The van der Waals surface area contributed by atoms with E-state index in [-0.39, 0.29) is 17.4 Å². The molecule has 108 valence electrons. The third-order valence-electron chi connectivity index (χ3n) is 4.67. The summed E-state index contributed by atoms with van der Waals surface area (Å²) in [5.74, 6) is 1.09. The van der Waals surface area contributed by atoms with Gasteiger partial charge in [0.15, 0.2) is 0 Å². The Kier molecular flexibility index (Phi) is 3.66. The number of para-hydroxylation sites is 1. The first-order chi connectivity index (χ1) is 9.75. The molecule has 1 amide bonds. The highest BCUT2D eigenvalue weighted by Gasteiger charge is 2.40. The van der Waals surface area contributed by atoms with Crippen LogP contribution < -0.4 is 15.4 Å². The molecule has 4 heteroatoms. The molecule has 4 nitrogen and oxygen atoms in total. The maximum absolute atomic E-state index is 12.7. The number of hydrogen-bond donors (Lipinski definition) is 2. The average Bonchev–Trinajstić information content (AvgIpc) is 2.98. The minimum absolute atomic E-state index is 0.0801. The number of ether oxygens (including phenoxy) is 1. The Morgan fingerprint density at radius 2 is 2.35 bits per heavy atom. The highest BCUT2D eigenvalue weighted by molar-refractivity contribution is 5.83. The van der Waals surface area contributed by atoms with Gasteiger partial charge in [0.25, 0.3) is 0 Å². The molecule has 2 heterocycles. The molecule has 0 aromatic heterocycles. The Labute approximate surface area is 119 Å². The van der Waals surface area contributed by atoms with Crippen LogP contribution in [0.4, 0.5) is 0 Å². The van der Waals surface area contributed by atoms with E-state index in [0.717, 1.165) is 43.7 Å². The molecule has 1 aromatic rings. The third-order valence-corrected chi connectivity index (χ3v) is 4.67. The lowest BCUT2D eigenvalue weighted by Gasteiger charge is -2.31. The minimum Gasteiger partial charge on any atom is -0.493 e. The van der Waals surface area contributed by atoms with Crippen LogP contribution in [0.3, 0.4) is 0 Å². The Morgan fingerprint density at radius 1 is 1.50 bits per heavy atom. The Hall–Kier alpha value is -1.55. The molecule has 2 aliphatic rings. The van der Waals surface area contributed by atoms with Crippen LogP contribution in [0.1, 0.15) is 37.8 Å². The SMILES string of the molecule is CCC1(C(=O)NC2CCOc3ccccc32)CCNC1. The van der Waals surface area contributed by atoms with Crippen molar-refractivity contribution in [1.29, 1.82) is 0 Å². The van der Waals surface area contributed by atoms with E-state index >= 15 is 0 Å². The first-order valence-corrected chi connectivity index (χ1v) is 7.48. The van der Waals surface area contributed by atoms with Crippen LogP contribution in [-0.4, -0.2) is 25.6 Å².